The normalized spacial score (nSPS) is 11.2. The van der Waals surface area contributed by atoms with Crippen molar-refractivity contribution in [2.75, 3.05) is 4.72 Å². The monoisotopic (exact) mass is 535 g/mol. The maximum Gasteiger partial charge on any atom is 0.417 e. The number of non-ortho nitro benzene ring substituents is 1. The smallest absolute Gasteiger partial charge is 0.366 e. The highest BCUT2D eigenvalue weighted by atomic mass is 35.5. The number of nitro groups is 1. The topological polar surface area (TPSA) is 132 Å². The number of hydrogen-bond acceptors (Lipinski definition) is 5. The lowest BCUT2D eigenvalue weighted by molar-refractivity contribution is -0.384. The first kappa shape index (κ1) is 26.9. The van der Waals surface area contributed by atoms with E-state index in [1.165, 1.54) is 0 Å². The molecule has 0 aliphatic rings. The Balaban J connectivity index is 0.000000379. The van der Waals surface area contributed by atoms with E-state index in [-0.39, 0.29) is 22.3 Å². The molecule has 3 rings (SSSR count). The molecule has 0 aromatic heterocycles. The number of anilines is 1. The van der Waals surface area contributed by atoms with Gasteiger partial charge in [-0.15, -0.1) is 0 Å². The fourth-order valence-electron chi connectivity index (χ4n) is 2.40. The largest absolute Gasteiger partial charge is 0.417 e. The summed E-state index contributed by atoms with van der Waals surface area (Å²) in [5.41, 5.74) is 3.61. The molecule has 0 heterocycles. The first-order valence-electron chi connectivity index (χ1n) is 8.90. The number of nitro benzene ring substituents is 1. The Morgan fingerprint density at radius 3 is 2.06 bits per heavy atom. The van der Waals surface area contributed by atoms with Gasteiger partial charge >= 0.3 is 6.18 Å². The number of amides is 1. The zero-order valence-corrected chi connectivity index (χ0v) is 19.0. The molecule has 3 N–H and O–H groups in total. The highest BCUT2D eigenvalue weighted by Crippen LogP contribution is 2.36. The Bertz CT molecular complexity index is 1320. The van der Waals surface area contributed by atoms with Gasteiger partial charge in [-0.05, 0) is 36.4 Å². The van der Waals surface area contributed by atoms with Gasteiger partial charge < -0.3 is 5.73 Å². The van der Waals surface area contributed by atoms with Crippen molar-refractivity contribution >= 4 is 50.5 Å². The standard InChI is InChI=1S/C13H7Cl2F3N2O4S.C7H7NO/c14-10-3-2-8(6-9(10)13(16,17)18)25(23,24)19-12-4-1-7(20(21)22)5-11(12)15;8-7(9)6-4-2-1-3-5-6/h1-6,19H;1-5H,(H2,8,9). The number of primary amides is 1. The molecular weight excluding hydrogens is 522 g/mol. The van der Waals surface area contributed by atoms with Gasteiger partial charge in [0.05, 0.1) is 31.1 Å². The zero-order valence-electron chi connectivity index (χ0n) is 16.7. The Labute approximate surface area is 201 Å². The van der Waals surface area contributed by atoms with Crippen LogP contribution in [0.3, 0.4) is 0 Å². The number of hydrogen-bond donors (Lipinski definition) is 2. The number of alkyl halides is 3. The summed E-state index contributed by atoms with van der Waals surface area (Å²) in [4.78, 5) is 19.6. The van der Waals surface area contributed by atoms with Crippen LogP contribution < -0.4 is 10.5 Å². The zero-order chi connectivity index (χ0) is 25.7. The van der Waals surface area contributed by atoms with Gasteiger partial charge in [0, 0.05) is 17.7 Å². The third-order valence-electron chi connectivity index (χ3n) is 4.02. The Morgan fingerprint density at radius 2 is 1.59 bits per heavy atom. The molecular formula is C20H14Cl2F3N3O5S. The predicted octanol–water partition coefficient (Wildman–Crippen LogP) is 5.51. The Morgan fingerprint density at radius 1 is 0.971 bits per heavy atom. The van der Waals surface area contributed by atoms with Crippen LogP contribution >= 0.6 is 23.2 Å². The van der Waals surface area contributed by atoms with Gasteiger partial charge in [-0.1, -0.05) is 41.4 Å². The lowest BCUT2D eigenvalue weighted by atomic mass is 10.2. The number of nitrogens with two attached hydrogens (primary N) is 1. The van der Waals surface area contributed by atoms with E-state index in [9.17, 15) is 36.5 Å². The summed E-state index contributed by atoms with van der Waals surface area (Å²) in [5.74, 6) is -0.379. The molecule has 0 atom stereocenters. The van der Waals surface area contributed by atoms with Crippen molar-refractivity contribution in [2.45, 2.75) is 11.1 Å². The third kappa shape index (κ3) is 7.07. The van der Waals surface area contributed by atoms with E-state index in [4.69, 9.17) is 28.9 Å². The lowest BCUT2D eigenvalue weighted by Gasteiger charge is -2.13. The number of carbonyl (C=O) groups is 1. The minimum atomic E-state index is -4.84. The van der Waals surface area contributed by atoms with Crippen LogP contribution in [0.2, 0.25) is 10.0 Å². The van der Waals surface area contributed by atoms with Gasteiger partial charge in [-0.25, -0.2) is 8.42 Å². The predicted molar refractivity (Wildman–Crippen MR) is 120 cm³/mol. The minimum Gasteiger partial charge on any atom is -0.366 e. The second-order valence-corrected chi connectivity index (χ2v) is 8.89. The molecule has 3 aromatic carbocycles. The average molecular weight is 536 g/mol. The summed E-state index contributed by atoms with van der Waals surface area (Å²) >= 11 is 11.2. The molecule has 14 heteroatoms. The van der Waals surface area contributed by atoms with Crippen molar-refractivity contribution in [2.24, 2.45) is 5.73 Å². The molecule has 0 unspecified atom stereocenters. The SMILES string of the molecule is NC(=O)c1ccccc1.O=[N+]([O-])c1ccc(NS(=O)(=O)c2ccc(Cl)c(C(F)(F)F)c2)c(Cl)c1. The van der Waals surface area contributed by atoms with Crippen LogP contribution in [0.4, 0.5) is 24.5 Å². The van der Waals surface area contributed by atoms with Crippen LogP contribution in [0, 0.1) is 10.1 Å². The van der Waals surface area contributed by atoms with E-state index in [1.807, 2.05) is 10.8 Å². The van der Waals surface area contributed by atoms with E-state index in [0.717, 1.165) is 30.3 Å². The molecule has 0 bridgehead atoms. The van der Waals surface area contributed by atoms with Crippen molar-refractivity contribution in [3.8, 4) is 0 Å². The maximum atomic E-state index is 12.8. The molecule has 0 aliphatic carbocycles. The van der Waals surface area contributed by atoms with Crippen molar-refractivity contribution in [3.05, 3.63) is 98.0 Å². The van der Waals surface area contributed by atoms with Crippen molar-refractivity contribution in [3.63, 3.8) is 0 Å². The number of nitrogens with one attached hydrogen (secondary N) is 1. The summed E-state index contributed by atoms with van der Waals surface area (Å²) in [6, 6.07) is 13.8. The first-order valence-corrected chi connectivity index (χ1v) is 11.1. The van der Waals surface area contributed by atoms with E-state index in [0.29, 0.717) is 11.6 Å². The number of halogens is 5. The van der Waals surface area contributed by atoms with Crippen LogP contribution in [-0.4, -0.2) is 19.2 Å². The molecule has 0 spiro atoms. The molecule has 0 saturated carbocycles. The van der Waals surface area contributed by atoms with Gasteiger partial charge in [0.25, 0.3) is 15.7 Å². The molecule has 0 saturated heterocycles. The van der Waals surface area contributed by atoms with E-state index in [1.54, 1.807) is 24.3 Å². The first-order chi connectivity index (χ1) is 15.7. The molecule has 34 heavy (non-hydrogen) atoms. The van der Waals surface area contributed by atoms with Gasteiger partial charge in [-0.2, -0.15) is 13.2 Å². The van der Waals surface area contributed by atoms with Gasteiger partial charge in [-0.3, -0.25) is 19.6 Å². The van der Waals surface area contributed by atoms with Crippen LogP contribution in [0.5, 0.6) is 0 Å². The molecule has 0 aliphatic heterocycles. The number of sulfonamides is 1. The second kappa shape index (κ2) is 10.7. The third-order valence-corrected chi connectivity index (χ3v) is 6.03. The highest BCUT2D eigenvalue weighted by molar-refractivity contribution is 7.92. The van der Waals surface area contributed by atoms with E-state index >= 15 is 0 Å². The fraction of sp³-hybridized carbons (Fsp3) is 0.0500. The van der Waals surface area contributed by atoms with Gasteiger partial charge in [0.1, 0.15) is 0 Å². The molecule has 8 nitrogen and oxygen atoms in total. The average Bonchev–Trinajstić information content (AvgIpc) is 2.75. The van der Waals surface area contributed by atoms with Crippen LogP contribution in [-0.2, 0) is 16.2 Å². The van der Waals surface area contributed by atoms with Crippen molar-refractivity contribution in [1.82, 2.24) is 0 Å². The van der Waals surface area contributed by atoms with Gasteiger partial charge in [0.2, 0.25) is 5.91 Å². The quantitative estimate of drug-likeness (QED) is 0.328. The van der Waals surface area contributed by atoms with Crippen molar-refractivity contribution in [1.29, 1.82) is 0 Å². The summed E-state index contributed by atoms with van der Waals surface area (Å²) in [7, 11) is -4.43. The summed E-state index contributed by atoms with van der Waals surface area (Å²) in [5, 5.41) is 9.68. The number of carbonyl (C=O) groups excluding carboxylic acids is 1. The van der Waals surface area contributed by atoms with Crippen LogP contribution in [0.25, 0.3) is 0 Å². The lowest BCUT2D eigenvalue weighted by Crippen LogP contribution is -2.15. The van der Waals surface area contributed by atoms with E-state index in [2.05, 4.69) is 0 Å². The molecule has 180 valence electrons. The van der Waals surface area contributed by atoms with E-state index < -0.39 is 36.6 Å². The maximum absolute atomic E-state index is 12.8. The fourth-order valence-corrected chi connectivity index (χ4v) is 4.00. The highest BCUT2D eigenvalue weighted by Gasteiger charge is 2.34. The Hall–Kier alpha value is -3.35. The van der Waals surface area contributed by atoms with Crippen molar-refractivity contribution < 1.29 is 31.3 Å². The minimum absolute atomic E-state index is 0.226. The second-order valence-electron chi connectivity index (χ2n) is 6.40. The summed E-state index contributed by atoms with van der Waals surface area (Å²) in [6.07, 6.45) is -4.84. The van der Waals surface area contributed by atoms with Crippen LogP contribution in [0.15, 0.2) is 71.6 Å². The number of benzene rings is 3. The molecule has 0 radical (unpaired) electrons. The van der Waals surface area contributed by atoms with Gasteiger partial charge in [0.15, 0.2) is 0 Å². The summed E-state index contributed by atoms with van der Waals surface area (Å²) < 4.78 is 65.0. The summed E-state index contributed by atoms with van der Waals surface area (Å²) in [6.45, 7) is 0. The van der Waals surface area contributed by atoms with Crippen LogP contribution in [0.1, 0.15) is 15.9 Å². The number of nitrogens with zero attached hydrogens (tertiary/aromatic N) is 1. The number of rotatable bonds is 5. The Kier molecular flexibility index (Phi) is 8.48. The molecule has 3 aromatic rings. The molecule has 1 amide bonds. The molecule has 0 fully saturated rings.